The van der Waals surface area contributed by atoms with Crippen molar-refractivity contribution in [3.8, 4) is 0 Å². The summed E-state index contributed by atoms with van der Waals surface area (Å²) in [5, 5.41) is 9.20. The monoisotopic (exact) mass is 293 g/mol. The molecule has 114 valence electrons. The molecule has 1 saturated heterocycles. The normalized spacial score (nSPS) is 20.1. The Balaban J connectivity index is 2.02. The number of amides is 1. The van der Waals surface area contributed by atoms with E-state index < -0.39 is 12.0 Å². The van der Waals surface area contributed by atoms with Gasteiger partial charge in [0.2, 0.25) is 5.91 Å². The number of aliphatic carboxylic acids is 1. The molecule has 5 heteroatoms. The van der Waals surface area contributed by atoms with Gasteiger partial charge in [0.25, 0.3) is 0 Å². The van der Waals surface area contributed by atoms with Crippen molar-refractivity contribution in [3.05, 3.63) is 35.6 Å². The molecular weight excluding hydrogens is 273 g/mol. The Kier molecular flexibility index (Phi) is 4.94. The molecule has 1 fully saturated rings. The van der Waals surface area contributed by atoms with E-state index in [-0.39, 0.29) is 24.1 Å². The number of carboxylic acid groups (broad SMARTS) is 1. The first-order valence-electron chi connectivity index (χ1n) is 7.26. The molecule has 1 aromatic rings. The van der Waals surface area contributed by atoms with E-state index >= 15 is 0 Å². The highest BCUT2D eigenvalue weighted by Crippen LogP contribution is 2.24. The van der Waals surface area contributed by atoms with Crippen LogP contribution in [0.1, 0.15) is 44.1 Å². The maximum Gasteiger partial charge on any atom is 0.326 e. The van der Waals surface area contributed by atoms with E-state index in [1.165, 1.54) is 17.0 Å². The summed E-state index contributed by atoms with van der Waals surface area (Å²) in [6.45, 7) is 2.40. The molecule has 4 nitrogen and oxygen atoms in total. The van der Waals surface area contributed by atoms with E-state index in [0.717, 1.165) is 18.4 Å². The number of benzene rings is 1. The maximum atomic E-state index is 12.9. The Labute approximate surface area is 123 Å². The molecule has 0 aliphatic carbocycles. The Morgan fingerprint density at radius 2 is 2.00 bits per heavy atom. The van der Waals surface area contributed by atoms with Crippen LogP contribution in [0, 0.1) is 5.82 Å². The van der Waals surface area contributed by atoms with Crippen LogP contribution in [0.3, 0.4) is 0 Å². The van der Waals surface area contributed by atoms with Gasteiger partial charge in [0.05, 0.1) is 0 Å². The molecule has 1 aliphatic rings. The second kappa shape index (κ2) is 6.70. The smallest absolute Gasteiger partial charge is 0.326 e. The van der Waals surface area contributed by atoms with Crippen LogP contribution < -0.4 is 0 Å². The average molecular weight is 293 g/mol. The van der Waals surface area contributed by atoms with Crippen molar-refractivity contribution in [1.82, 2.24) is 4.90 Å². The van der Waals surface area contributed by atoms with Crippen molar-refractivity contribution in [2.75, 3.05) is 6.54 Å². The summed E-state index contributed by atoms with van der Waals surface area (Å²) in [7, 11) is 0. The minimum atomic E-state index is -0.933. The molecule has 0 spiro atoms. The molecule has 0 saturated carbocycles. The summed E-state index contributed by atoms with van der Waals surface area (Å²) >= 11 is 0. The van der Waals surface area contributed by atoms with Crippen LogP contribution in [0.25, 0.3) is 0 Å². The first-order valence-corrected chi connectivity index (χ1v) is 7.26. The van der Waals surface area contributed by atoms with Crippen LogP contribution in [0.15, 0.2) is 24.3 Å². The predicted octanol–water partition coefficient (Wildman–Crippen LogP) is 2.79. The molecular formula is C16H20FNO3. The zero-order chi connectivity index (χ0) is 15.4. The third kappa shape index (κ3) is 3.80. The zero-order valence-electron chi connectivity index (χ0n) is 12.1. The van der Waals surface area contributed by atoms with Crippen molar-refractivity contribution < 1.29 is 19.1 Å². The first kappa shape index (κ1) is 15.5. The second-order valence-electron chi connectivity index (χ2n) is 5.59. The minimum absolute atomic E-state index is 0.0607. The number of carboxylic acids is 1. The number of carbonyl (C=O) groups excluding carboxylic acids is 1. The summed E-state index contributed by atoms with van der Waals surface area (Å²) in [6, 6.07) is 5.37. The van der Waals surface area contributed by atoms with Gasteiger partial charge in [-0.25, -0.2) is 9.18 Å². The van der Waals surface area contributed by atoms with Gasteiger partial charge in [-0.05, 0) is 42.9 Å². The van der Waals surface area contributed by atoms with Gasteiger partial charge in [0.15, 0.2) is 0 Å². The molecule has 0 radical (unpaired) electrons. The molecule has 0 unspecified atom stereocenters. The van der Waals surface area contributed by atoms with Gasteiger partial charge in [-0.15, -0.1) is 0 Å². The maximum absolute atomic E-state index is 12.9. The lowest BCUT2D eigenvalue weighted by atomic mass is 9.95. The fourth-order valence-corrected chi connectivity index (χ4v) is 2.78. The van der Waals surface area contributed by atoms with Gasteiger partial charge in [-0.1, -0.05) is 19.1 Å². The summed E-state index contributed by atoms with van der Waals surface area (Å²) in [4.78, 5) is 25.1. The van der Waals surface area contributed by atoms with Crippen molar-refractivity contribution in [3.63, 3.8) is 0 Å². The molecule has 21 heavy (non-hydrogen) atoms. The molecule has 0 bridgehead atoms. The van der Waals surface area contributed by atoms with Crippen molar-refractivity contribution in [2.24, 2.45) is 0 Å². The number of hydrogen-bond donors (Lipinski definition) is 1. The van der Waals surface area contributed by atoms with Crippen molar-refractivity contribution in [2.45, 2.75) is 44.6 Å². The van der Waals surface area contributed by atoms with Gasteiger partial charge in [-0.3, -0.25) is 4.79 Å². The van der Waals surface area contributed by atoms with E-state index in [1.807, 2.05) is 6.92 Å². The number of hydrogen-bond acceptors (Lipinski definition) is 2. The lowest BCUT2D eigenvalue weighted by Gasteiger charge is -2.33. The third-order valence-electron chi connectivity index (χ3n) is 4.03. The number of rotatable bonds is 4. The summed E-state index contributed by atoms with van der Waals surface area (Å²) < 4.78 is 12.9. The number of piperidine rings is 1. The Bertz CT molecular complexity index is 515. The van der Waals surface area contributed by atoms with Crippen LogP contribution in [0.5, 0.6) is 0 Å². The molecule has 1 heterocycles. The van der Waals surface area contributed by atoms with Gasteiger partial charge in [0.1, 0.15) is 11.9 Å². The van der Waals surface area contributed by atoms with Crippen LogP contribution in [-0.2, 0) is 9.59 Å². The summed E-state index contributed by atoms with van der Waals surface area (Å²) in [5.41, 5.74) is 0.883. The minimum Gasteiger partial charge on any atom is -0.480 e. The van der Waals surface area contributed by atoms with E-state index in [0.29, 0.717) is 13.0 Å². The largest absolute Gasteiger partial charge is 0.480 e. The lowest BCUT2D eigenvalue weighted by Crippen LogP contribution is -2.48. The molecule has 1 N–H and O–H groups in total. The standard InChI is InChI=1S/C16H20FNO3/c1-11(12-5-7-13(17)8-6-12)10-15(19)18-9-3-2-4-14(18)16(20)21/h5-8,11,14H,2-4,9-10H2,1H3,(H,20,21)/t11-,14-/m1/s1. The van der Waals surface area contributed by atoms with Gasteiger partial charge in [0, 0.05) is 13.0 Å². The number of halogens is 1. The number of likely N-dealkylation sites (tertiary alicyclic amines) is 1. The predicted molar refractivity (Wildman–Crippen MR) is 76.4 cm³/mol. The van der Waals surface area contributed by atoms with Gasteiger partial charge < -0.3 is 10.0 Å². The topological polar surface area (TPSA) is 57.6 Å². The lowest BCUT2D eigenvalue weighted by molar-refractivity contribution is -0.152. The number of carbonyl (C=O) groups is 2. The van der Waals surface area contributed by atoms with Crippen LogP contribution in [0.2, 0.25) is 0 Å². The van der Waals surface area contributed by atoms with Crippen molar-refractivity contribution >= 4 is 11.9 Å². The second-order valence-corrected chi connectivity index (χ2v) is 5.59. The molecule has 1 amide bonds. The van der Waals surface area contributed by atoms with E-state index in [2.05, 4.69) is 0 Å². The Morgan fingerprint density at radius 1 is 1.33 bits per heavy atom. The Morgan fingerprint density at radius 3 is 2.62 bits per heavy atom. The Hall–Kier alpha value is -1.91. The fraction of sp³-hybridized carbons (Fsp3) is 0.500. The highest BCUT2D eigenvalue weighted by molar-refractivity contribution is 5.84. The average Bonchev–Trinajstić information content (AvgIpc) is 2.47. The zero-order valence-corrected chi connectivity index (χ0v) is 12.1. The molecule has 2 rings (SSSR count). The number of nitrogens with zero attached hydrogens (tertiary/aromatic N) is 1. The highest BCUT2D eigenvalue weighted by Gasteiger charge is 2.32. The van der Waals surface area contributed by atoms with E-state index in [1.54, 1.807) is 12.1 Å². The quantitative estimate of drug-likeness (QED) is 0.928. The summed E-state index contributed by atoms with van der Waals surface area (Å²) in [5.74, 6) is -1.44. The summed E-state index contributed by atoms with van der Waals surface area (Å²) in [6.07, 6.45) is 2.45. The molecule has 0 aromatic heterocycles. The fourth-order valence-electron chi connectivity index (χ4n) is 2.78. The molecule has 1 aliphatic heterocycles. The first-order chi connectivity index (χ1) is 9.99. The van der Waals surface area contributed by atoms with Crippen LogP contribution in [-0.4, -0.2) is 34.5 Å². The molecule has 2 atom stereocenters. The van der Waals surface area contributed by atoms with Gasteiger partial charge >= 0.3 is 5.97 Å². The third-order valence-corrected chi connectivity index (χ3v) is 4.03. The van der Waals surface area contributed by atoms with Gasteiger partial charge in [-0.2, -0.15) is 0 Å². The van der Waals surface area contributed by atoms with E-state index in [9.17, 15) is 19.1 Å². The SMILES string of the molecule is C[C@H](CC(=O)N1CCCC[C@@H]1C(=O)O)c1ccc(F)cc1. The highest BCUT2D eigenvalue weighted by atomic mass is 19.1. The molecule has 1 aromatic carbocycles. The van der Waals surface area contributed by atoms with Crippen molar-refractivity contribution in [1.29, 1.82) is 0 Å². The van der Waals surface area contributed by atoms with Crippen LogP contribution >= 0.6 is 0 Å². The van der Waals surface area contributed by atoms with Crippen LogP contribution in [0.4, 0.5) is 4.39 Å². The van der Waals surface area contributed by atoms with E-state index in [4.69, 9.17) is 0 Å².